The summed E-state index contributed by atoms with van der Waals surface area (Å²) in [6.45, 7) is 0. The van der Waals surface area contributed by atoms with Crippen molar-refractivity contribution >= 4 is 32.3 Å². The Balaban J connectivity index is 2.33. The first-order valence-corrected chi connectivity index (χ1v) is 6.34. The number of hydrogen-bond donors (Lipinski definition) is 0. The molecule has 0 fully saturated rings. The zero-order chi connectivity index (χ0) is 12.8. The van der Waals surface area contributed by atoms with Crippen molar-refractivity contribution in [2.75, 3.05) is 0 Å². The second-order valence-electron chi connectivity index (χ2n) is 4.83. The van der Waals surface area contributed by atoms with Gasteiger partial charge in [0.1, 0.15) is 0 Å². The maximum absolute atomic E-state index is 11.5. The summed E-state index contributed by atoms with van der Waals surface area (Å²) in [5.74, 6) is 0.0621. The average Bonchev–Trinajstić information content (AvgIpc) is 2.46. The van der Waals surface area contributed by atoms with E-state index >= 15 is 0 Å². The van der Waals surface area contributed by atoms with Gasteiger partial charge in [-0.3, -0.25) is 5.11 Å². The summed E-state index contributed by atoms with van der Waals surface area (Å²) in [5, 5.41) is 18.6. The summed E-state index contributed by atoms with van der Waals surface area (Å²) >= 11 is 0. The summed E-state index contributed by atoms with van der Waals surface area (Å²) in [4.78, 5) is 0. The van der Waals surface area contributed by atoms with Crippen LogP contribution in [0.2, 0.25) is 0 Å². The Morgan fingerprint density at radius 1 is 0.579 bits per heavy atom. The largest absolute Gasteiger partial charge is 0.290 e. The normalized spacial score (nSPS) is 11.4. The van der Waals surface area contributed by atoms with Gasteiger partial charge in [0, 0.05) is 0 Å². The summed E-state index contributed by atoms with van der Waals surface area (Å²) in [5.41, 5.74) is 0. The predicted octanol–water partition coefficient (Wildman–Crippen LogP) is 5.29. The van der Waals surface area contributed by atoms with Gasteiger partial charge in [-0.25, -0.2) is 0 Å². The molecular weight excluding hydrogens is 232 g/mol. The third-order valence-corrected chi connectivity index (χ3v) is 3.70. The molecule has 0 aliphatic rings. The Labute approximate surface area is 110 Å². The van der Waals surface area contributed by atoms with Crippen LogP contribution in [-0.2, 0) is 5.11 Å². The summed E-state index contributed by atoms with van der Waals surface area (Å²) < 4.78 is 0. The van der Waals surface area contributed by atoms with Gasteiger partial charge in [0.05, 0.1) is 0 Å². The van der Waals surface area contributed by atoms with Crippen molar-refractivity contribution in [3.8, 4) is 5.75 Å². The molecule has 0 saturated carbocycles. The van der Waals surface area contributed by atoms with Crippen molar-refractivity contribution in [1.82, 2.24) is 0 Å². The van der Waals surface area contributed by atoms with Gasteiger partial charge in [-0.15, -0.1) is 0 Å². The van der Waals surface area contributed by atoms with Crippen molar-refractivity contribution < 1.29 is 5.11 Å². The fourth-order valence-corrected chi connectivity index (χ4v) is 2.81. The molecule has 4 rings (SSSR count). The minimum Gasteiger partial charge on any atom is -0.290 e. The van der Waals surface area contributed by atoms with Gasteiger partial charge in [0.25, 0.3) is 0 Å². The second kappa shape index (κ2) is 3.72. The van der Waals surface area contributed by atoms with E-state index in [4.69, 9.17) is 0 Å². The standard InChI is InChI=1S/C18H11O/c19-15-9-10-17-14(11-15)8-7-13-6-5-12-3-1-2-4-16(12)18(13)17/h1-11H. The lowest BCUT2D eigenvalue weighted by Crippen LogP contribution is -1.80. The van der Waals surface area contributed by atoms with E-state index in [0.29, 0.717) is 0 Å². The molecule has 0 aromatic heterocycles. The van der Waals surface area contributed by atoms with Gasteiger partial charge >= 0.3 is 0 Å². The van der Waals surface area contributed by atoms with Gasteiger partial charge < -0.3 is 0 Å². The predicted molar refractivity (Wildman–Crippen MR) is 79.1 cm³/mol. The average molecular weight is 243 g/mol. The van der Waals surface area contributed by atoms with Crippen LogP contribution in [0, 0.1) is 0 Å². The molecule has 19 heavy (non-hydrogen) atoms. The molecule has 0 saturated heterocycles. The minimum atomic E-state index is 0.0621. The van der Waals surface area contributed by atoms with Crippen LogP contribution in [-0.4, -0.2) is 0 Å². The first kappa shape index (κ1) is 10.4. The summed E-state index contributed by atoms with van der Waals surface area (Å²) in [7, 11) is 0. The Kier molecular flexibility index (Phi) is 2.04. The molecule has 0 aliphatic carbocycles. The lowest BCUT2D eigenvalue weighted by molar-refractivity contribution is 0.355. The third-order valence-electron chi connectivity index (χ3n) is 3.70. The Bertz CT molecular complexity index is 922. The highest BCUT2D eigenvalue weighted by Gasteiger charge is 2.05. The smallest absolute Gasteiger partial charge is 0.179 e. The highest BCUT2D eigenvalue weighted by Crippen LogP contribution is 2.33. The topological polar surface area (TPSA) is 19.9 Å². The Morgan fingerprint density at radius 3 is 2.16 bits per heavy atom. The lowest BCUT2D eigenvalue weighted by Gasteiger charge is -2.07. The van der Waals surface area contributed by atoms with Crippen LogP contribution in [0.3, 0.4) is 0 Å². The van der Waals surface area contributed by atoms with Crippen LogP contribution >= 0.6 is 0 Å². The number of rotatable bonds is 0. The monoisotopic (exact) mass is 243 g/mol. The van der Waals surface area contributed by atoms with Crippen molar-refractivity contribution in [3.05, 3.63) is 66.7 Å². The minimum absolute atomic E-state index is 0.0621. The molecule has 0 amide bonds. The zero-order valence-corrected chi connectivity index (χ0v) is 10.3. The fraction of sp³-hybridized carbons (Fsp3) is 0. The highest BCUT2D eigenvalue weighted by molar-refractivity contribution is 6.20. The van der Waals surface area contributed by atoms with E-state index in [1.165, 1.54) is 21.5 Å². The van der Waals surface area contributed by atoms with E-state index in [2.05, 4.69) is 42.5 Å². The molecule has 4 aromatic carbocycles. The molecule has 0 atom stereocenters. The molecule has 1 radical (unpaired) electrons. The maximum atomic E-state index is 11.5. The van der Waals surface area contributed by atoms with Crippen molar-refractivity contribution in [1.29, 1.82) is 0 Å². The van der Waals surface area contributed by atoms with Gasteiger partial charge in [0.15, 0.2) is 5.75 Å². The van der Waals surface area contributed by atoms with E-state index in [1.54, 1.807) is 12.1 Å². The molecule has 0 heterocycles. The maximum Gasteiger partial charge on any atom is 0.179 e. The lowest BCUT2D eigenvalue weighted by atomic mass is 9.96. The molecule has 89 valence electrons. The highest BCUT2D eigenvalue weighted by atomic mass is 16.3. The van der Waals surface area contributed by atoms with Gasteiger partial charge in [0.2, 0.25) is 0 Å². The Hall–Kier alpha value is -2.54. The molecule has 1 heteroatoms. The van der Waals surface area contributed by atoms with E-state index < -0.39 is 0 Å². The van der Waals surface area contributed by atoms with Crippen molar-refractivity contribution in [2.24, 2.45) is 0 Å². The molecule has 0 spiro atoms. The number of hydrogen-bond acceptors (Lipinski definition) is 0. The van der Waals surface area contributed by atoms with Crippen LogP contribution in [0.1, 0.15) is 0 Å². The molecule has 0 aliphatic heterocycles. The molecular formula is C18H11O. The molecule has 0 N–H and O–H groups in total. The van der Waals surface area contributed by atoms with Crippen LogP contribution in [0.25, 0.3) is 32.3 Å². The molecule has 4 aromatic rings. The van der Waals surface area contributed by atoms with Gasteiger partial charge in [-0.2, -0.15) is 0 Å². The van der Waals surface area contributed by atoms with Gasteiger partial charge in [-0.1, -0.05) is 48.5 Å². The van der Waals surface area contributed by atoms with Crippen LogP contribution in [0.15, 0.2) is 66.7 Å². The first-order valence-electron chi connectivity index (χ1n) is 6.34. The van der Waals surface area contributed by atoms with E-state index in [1.807, 2.05) is 12.1 Å². The zero-order valence-electron chi connectivity index (χ0n) is 10.3. The van der Waals surface area contributed by atoms with Crippen LogP contribution in [0.4, 0.5) is 0 Å². The first-order chi connectivity index (χ1) is 9.33. The van der Waals surface area contributed by atoms with E-state index in [0.717, 1.165) is 10.8 Å². The Morgan fingerprint density at radius 2 is 1.26 bits per heavy atom. The van der Waals surface area contributed by atoms with Crippen LogP contribution < -0.4 is 0 Å². The van der Waals surface area contributed by atoms with Crippen molar-refractivity contribution in [2.45, 2.75) is 0 Å². The molecule has 0 unspecified atom stereocenters. The summed E-state index contributed by atoms with van der Waals surface area (Å²) in [6, 6.07) is 22.0. The quantitative estimate of drug-likeness (QED) is 0.374. The SMILES string of the molecule is [O]c1ccc2c(ccc3ccc4ccccc4c32)c1. The molecule has 0 bridgehead atoms. The van der Waals surface area contributed by atoms with Gasteiger partial charge in [-0.05, 0) is 50.5 Å². The van der Waals surface area contributed by atoms with E-state index in [-0.39, 0.29) is 5.75 Å². The fourth-order valence-electron chi connectivity index (χ4n) is 2.81. The second-order valence-corrected chi connectivity index (χ2v) is 4.83. The van der Waals surface area contributed by atoms with Crippen LogP contribution in [0.5, 0.6) is 5.75 Å². The van der Waals surface area contributed by atoms with Crippen molar-refractivity contribution in [3.63, 3.8) is 0 Å². The summed E-state index contributed by atoms with van der Waals surface area (Å²) in [6.07, 6.45) is 0. The third kappa shape index (κ3) is 1.48. The number of fused-ring (bicyclic) bond motifs is 5. The number of benzene rings is 4. The van der Waals surface area contributed by atoms with E-state index in [9.17, 15) is 5.11 Å². The molecule has 1 nitrogen and oxygen atoms in total.